The number of carbonyl (C=O) groups is 1. The molecule has 7 heteroatoms. The average molecular weight is 415 g/mol. The van der Waals surface area contributed by atoms with Crippen molar-refractivity contribution in [1.29, 1.82) is 0 Å². The molecule has 146 valence electrons. The molecule has 0 bridgehead atoms. The summed E-state index contributed by atoms with van der Waals surface area (Å²) < 4.78 is 5.90. The summed E-state index contributed by atoms with van der Waals surface area (Å²) in [5.41, 5.74) is 3.03. The van der Waals surface area contributed by atoms with Crippen molar-refractivity contribution >= 4 is 29.5 Å². The van der Waals surface area contributed by atoms with Crippen LogP contribution in [0.2, 0.25) is 0 Å². The van der Waals surface area contributed by atoms with Gasteiger partial charge in [0.2, 0.25) is 0 Å². The van der Waals surface area contributed by atoms with Crippen molar-refractivity contribution in [3.63, 3.8) is 0 Å². The molecule has 0 aliphatic carbocycles. The second-order valence-corrected chi connectivity index (χ2v) is 9.54. The Morgan fingerprint density at radius 3 is 2.61 bits per heavy atom. The molecule has 1 N–H and O–H groups in total. The molecule has 0 amide bonds. The Labute approximate surface area is 173 Å². The van der Waals surface area contributed by atoms with Gasteiger partial charge in [0.05, 0.1) is 22.8 Å². The summed E-state index contributed by atoms with van der Waals surface area (Å²) in [6.07, 6.45) is 0.836. The van der Waals surface area contributed by atoms with Crippen molar-refractivity contribution in [2.45, 2.75) is 30.8 Å². The van der Waals surface area contributed by atoms with Gasteiger partial charge in [-0.05, 0) is 47.8 Å². The standard InChI is InChI=1S/C21H22N2O3S2/c1-3-27-21(28-4-2)11-12-26-19-10-6-15(13-18(19)21)5-7-16-8-9-17(23-22-16)14-20(24)25/h6,8-10,13H,3-4,11-12,14H2,1-2H3,(H,24,25). The van der Waals surface area contributed by atoms with E-state index in [-0.39, 0.29) is 10.5 Å². The van der Waals surface area contributed by atoms with Crippen LogP contribution in [0.5, 0.6) is 5.75 Å². The Bertz CT molecular complexity index is 898. The van der Waals surface area contributed by atoms with Gasteiger partial charge in [0.15, 0.2) is 0 Å². The molecule has 5 nitrogen and oxygen atoms in total. The first-order valence-corrected chi connectivity index (χ1v) is 11.1. The van der Waals surface area contributed by atoms with Crippen LogP contribution in [0.15, 0.2) is 30.3 Å². The lowest BCUT2D eigenvalue weighted by atomic mass is 10.0. The maximum Gasteiger partial charge on any atom is 0.309 e. The van der Waals surface area contributed by atoms with Crippen LogP contribution in [-0.2, 0) is 15.3 Å². The average Bonchev–Trinajstić information content (AvgIpc) is 2.68. The summed E-state index contributed by atoms with van der Waals surface area (Å²) in [4.78, 5) is 10.7. The SMILES string of the molecule is CCSC1(SCC)CCOc2ccc(C#Cc3ccc(CC(=O)O)nn3)cc21. The quantitative estimate of drug-likeness (QED) is 0.567. The zero-order valence-electron chi connectivity index (χ0n) is 15.9. The third-order valence-corrected chi connectivity index (χ3v) is 7.29. The van der Waals surface area contributed by atoms with Gasteiger partial charge < -0.3 is 9.84 Å². The molecule has 1 aromatic heterocycles. The topological polar surface area (TPSA) is 72.3 Å². The van der Waals surface area contributed by atoms with E-state index < -0.39 is 5.97 Å². The minimum atomic E-state index is -0.928. The van der Waals surface area contributed by atoms with E-state index in [1.165, 1.54) is 5.56 Å². The fraction of sp³-hybridized carbons (Fsp3) is 0.381. The van der Waals surface area contributed by atoms with E-state index in [2.05, 4.69) is 42.0 Å². The van der Waals surface area contributed by atoms with Crippen LogP contribution in [0, 0.1) is 11.8 Å². The molecule has 1 aliphatic heterocycles. The van der Waals surface area contributed by atoms with Gasteiger partial charge in [-0.25, -0.2) is 0 Å². The Morgan fingerprint density at radius 1 is 1.18 bits per heavy atom. The Morgan fingerprint density at radius 2 is 1.96 bits per heavy atom. The molecule has 1 aliphatic rings. The van der Waals surface area contributed by atoms with Crippen LogP contribution < -0.4 is 4.74 Å². The van der Waals surface area contributed by atoms with Gasteiger partial charge in [-0.1, -0.05) is 19.8 Å². The first-order valence-electron chi connectivity index (χ1n) is 9.18. The molecular weight excluding hydrogens is 392 g/mol. The van der Waals surface area contributed by atoms with E-state index in [0.29, 0.717) is 11.4 Å². The summed E-state index contributed by atoms with van der Waals surface area (Å²) in [6, 6.07) is 9.43. The number of hydrogen-bond acceptors (Lipinski definition) is 6. The number of thioether (sulfide) groups is 2. The largest absolute Gasteiger partial charge is 0.493 e. The fourth-order valence-electron chi connectivity index (χ4n) is 3.08. The normalized spacial score (nSPS) is 14.4. The van der Waals surface area contributed by atoms with Crippen LogP contribution in [0.1, 0.15) is 42.8 Å². The molecule has 0 saturated heterocycles. The number of nitrogens with zero attached hydrogens (tertiary/aromatic N) is 2. The van der Waals surface area contributed by atoms with Crippen LogP contribution >= 0.6 is 23.5 Å². The lowest BCUT2D eigenvalue weighted by molar-refractivity contribution is -0.136. The van der Waals surface area contributed by atoms with Crippen molar-refractivity contribution in [1.82, 2.24) is 10.2 Å². The van der Waals surface area contributed by atoms with Crippen molar-refractivity contribution < 1.29 is 14.6 Å². The van der Waals surface area contributed by atoms with Gasteiger partial charge in [-0.3, -0.25) is 4.79 Å². The minimum absolute atomic E-state index is 0.00700. The van der Waals surface area contributed by atoms with Gasteiger partial charge in [-0.15, -0.1) is 28.6 Å². The molecule has 1 aromatic carbocycles. The highest BCUT2D eigenvalue weighted by atomic mass is 32.2. The number of aliphatic carboxylic acids is 1. The van der Waals surface area contributed by atoms with Gasteiger partial charge >= 0.3 is 5.97 Å². The maximum atomic E-state index is 10.7. The Balaban J connectivity index is 1.87. The van der Waals surface area contributed by atoms with Crippen LogP contribution in [-0.4, -0.2) is 39.4 Å². The number of fused-ring (bicyclic) bond motifs is 1. The number of aromatic nitrogens is 2. The predicted octanol–water partition coefficient (Wildman–Crippen LogP) is 3.95. The third-order valence-electron chi connectivity index (χ3n) is 4.22. The molecule has 2 heterocycles. The number of carboxylic acids is 1. The summed E-state index contributed by atoms with van der Waals surface area (Å²) in [7, 11) is 0. The molecule has 0 unspecified atom stereocenters. The molecule has 0 spiro atoms. The fourth-order valence-corrected chi connectivity index (χ4v) is 6.14. The van der Waals surface area contributed by atoms with Crippen LogP contribution in [0.3, 0.4) is 0 Å². The van der Waals surface area contributed by atoms with Crippen molar-refractivity contribution in [2.75, 3.05) is 18.1 Å². The summed E-state index contributed by atoms with van der Waals surface area (Å²) in [5.74, 6) is 8.26. The molecular formula is C21H22N2O3S2. The Hall–Kier alpha value is -2.17. The minimum Gasteiger partial charge on any atom is -0.493 e. The highest BCUT2D eigenvalue weighted by Crippen LogP contribution is 2.54. The first-order chi connectivity index (χ1) is 13.6. The highest BCUT2D eigenvalue weighted by Gasteiger charge is 2.38. The van der Waals surface area contributed by atoms with E-state index in [0.717, 1.165) is 35.8 Å². The number of ether oxygens (including phenoxy) is 1. The van der Waals surface area contributed by atoms with Gasteiger partial charge in [0.25, 0.3) is 0 Å². The monoisotopic (exact) mass is 414 g/mol. The van der Waals surface area contributed by atoms with E-state index in [1.807, 2.05) is 35.7 Å². The maximum absolute atomic E-state index is 10.7. The lowest BCUT2D eigenvalue weighted by Gasteiger charge is -2.37. The molecule has 3 rings (SSSR count). The summed E-state index contributed by atoms with van der Waals surface area (Å²) >= 11 is 3.92. The van der Waals surface area contributed by atoms with Gasteiger partial charge in [0.1, 0.15) is 11.4 Å². The second kappa shape index (κ2) is 9.35. The predicted molar refractivity (Wildman–Crippen MR) is 114 cm³/mol. The Kier molecular flexibility index (Phi) is 6.87. The highest BCUT2D eigenvalue weighted by molar-refractivity contribution is 8.17. The van der Waals surface area contributed by atoms with Crippen LogP contribution in [0.25, 0.3) is 0 Å². The number of rotatable bonds is 6. The zero-order valence-corrected chi connectivity index (χ0v) is 17.5. The van der Waals surface area contributed by atoms with Gasteiger partial charge in [-0.2, -0.15) is 5.10 Å². The molecule has 2 aromatic rings. The molecule has 0 saturated carbocycles. The van der Waals surface area contributed by atoms with E-state index in [1.54, 1.807) is 12.1 Å². The smallest absolute Gasteiger partial charge is 0.309 e. The van der Waals surface area contributed by atoms with Crippen molar-refractivity contribution in [3.8, 4) is 17.6 Å². The summed E-state index contributed by atoms with van der Waals surface area (Å²) in [6.45, 7) is 5.11. The molecule has 0 radical (unpaired) electrons. The van der Waals surface area contributed by atoms with Crippen molar-refractivity contribution in [2.24, 2.45) is 0 Å². The number of benzene rings is 1. The van der Waals surface area contributed by atoms with Crippen molar-refractivity contribution in [3.05, 3.63) is 52.8 Å². The molecule has 0 atom stereocenters. The zero-order chi connectivity index (χ0) is 20.0. The number of hydrogen-bond donors (Lipinski definition) is 1. The third kappa shape index (κ3) is 4.81. The second-order valence-electron chi connectivity index (χ2n) is 6.16. The van der Waals surface area contributed by atoms with Gasteiger partial charge in [0, 0.05) is 17.5 Å². The molecule has 28 heavy (non-hydrogen) atoms. The number of carboxylic acid groups (broad SMARTS) is 1. The lowest BCUT2D eigenvalue weighted by Crippen LogP contribution is -2.27. The first kappa shape index (κ1) is 20.6. The van der Waals surface area contributed by atoms with E-state index >= 15 is 0 Å². The molecule has 0 fully saturated rings. The summed E-state index contributed by atoms with van der Waals surface area (Å²) in [5, 5.41) is 16.7. The van der Waals surface area contributed by atoms with E-state index in [4.69, 9.17) is 9.84 Å². The van der Waals surface area contributed by atoms with Crippen LogP contribution in [0.4, 0.5) is 0 Å². The van der Waals surface area contributed by atoms with E-state index in [9.17, 15) is 4.79 Å².